The Morgan fingerprint density at radius 3 is 1.37 bits per heavy atom. The topological polar surface area (TPSA) is 0 Å². The maximum absolute atomic E-state index is 2.57. The van der Waals surface area contributed by atoms with Crippen molar-refractivity contribution in [2.75, 3.05) is 0 Å². The Labute approximate surface area is 260 Å². The molecule has 0 aromatic heterocycles. The van der Waals surface area contributed by atoms with Gasteiger partial charge in [0, 0.05) is 0 Å². The van der Waals surface area contributed by atoms with Crippen molar-refractivity contribution in [2.24, 2.45) is 5.92 Å². The number of allylic oxidation sites excluding steroid dienone is 4. The number of fused-ring (bicyclic) bond motifs is 1. The van der Waals surface area contributed by atoms with Gasteiger partial charge in [0.1, 0.15) is 0 Å². The number of benzene rings is 3. The van der Waals surface area contributed by atoms with E-state index in [1.807, 2.05) is 0 Å². The average molecular weight is 600 g/mol. The second kappa shape index (κ2) is 12.5. The molecule has 0 aliphatic heterocycles. The van der Waals surface area contributed by atoms with E-state index in [0.717, 1.165) is 0 Å². The summed E-state index contributed by atoms with van der Waals surface area (Å²) in [6.07, 6.45) is 10.8. The monoisotopic (exact) mass is 598 g/mol. The van der Waals surface area contributed by atoms with E-state index in [9.17, 15) is 0 Å². The molecule has 2 atom stereocenters. The van der Waals surface area contributed by atoms with Crippen LogP contribution in [0, 0.1) is 47.5 Å². The van der Waals surface area contributed by atoms with Crippen molar-refractivity contribution >= 4 is 0 Å². The molecule has 0 heterocycles. The first-order valence-corrected chi connectivity index (χ1v) is 13.8. The summed E-state index contributed by atoms with van der Waals surface area (Å²) in [5.41, 5.74) is 13.7. The standard InChI is InChI=1S/C34H37.3ClH.Ti/c1-22-13-23(2)17-29(16-22)34(30-18-24(3)14-25(4)19-30,31-20-26(5)15-27(6)21-31)33-12-11-28-9-7-8-10-32(28)33;;;;/h7-8,10,13-21,28H,9,11-12H2,1-6H3;3*1H;/q;;;;+3/p-3. The summed E-state index contributed by atoms with van der Waals surface area (Å²) in [4.78, 5) is 0. The van der Waals surface area contributed by atoms with E-state index in [1.165, 1.54) is 69.3 Å². The zero-order chi connectivity index (χ0) is 25.0. The number of aryl methyl sites for hydroxylation is 6. The minimum atomic E-state index is -0.275. The van der Waals surface area contributed by atoms with Crippen LogP contribution in [0.3, 0.4) is 0 Å². The molecule has 1 fully saturated rings. The molecule has 0 spiro atoms. The number of rotatable bonds is 4. The maximum atomic E-state index is 2.57. The van der Waals surface area contributed by atoms with Crippen LogP contribution in [0.4, 0.5) is 0 Å². The average Bonchev–Trinajstić information content (AvgIpc) is 3.10. The van der Waals surface area contributed by atoms with Crippen LogP contribution in [0.5, 0.6) is 0 Å². The van der Waals surface area contributed by atoms with Gasteiger partial charge in [0.15, 0.2) is 0 Å². The van der Waals surface area contributed by atoms with Gasteiger partial charge >= 0.3 is 225 Å². The van der Waals surface area contributed by atoms with Gasteiger partial charge in [-0.3, -0.25) is 0 Å². The molecule has 2 aliphatic carbocycles. The summed E-state index contributed by atoms with van der Waals surface area (Å²) in [7, 11) is 0. The molecule has 1 saturated carbocycles. The normalized spacial score (nSPS) is 20.0. The van der Waals surface area contributed by atoms with Crippen molar-refractivity contribution in [3.8, 4) is 0 Å². The minimum absolute atomic E-state index is 0. The molecule has 0 N–H and O–H groups in total. The molecule has 38 heavy (non-hydrogen) atoms. The summed E-state index contributed by atoms with van der Waals surface area (Å²) in [5, 5.41) is 0. The van der Waals surface area contributed by atoms with Crippen molar-refractivity contribution in [3.63, 3.8) is 0 Å². The molecule has 0 saturated heterocycles. The third-order valence-electron chi connectivity index (χ3n) is 8.24. The van der Waals surface area contributed by atoms with Crippen LogP contribution in [-0.4, -0.2) is 0 Å². The molecule has 3 aromatic carbocycles. The van der Waals surface area contributed by atoms with E-state index in [2.05, 4.69) is 135 Å². The molecule has 0 amide bonds. The van der Waals surface area contributed by atoms with E-state index in [1.54, 1.807) is 5.57 Å². The van der Waals surface area contributed by atoms with E-state index in [4.69, 9.17) is 0 Å². The zero-order valence-corrected chi connectivity index (χ0v) is 27.1. The van der Waals surface area contributed by atoms with E-state index < -0.39 is 0 Å². The Balaban J connectivity index is 0.00000169. The second-order valence-electron chi connectivity index (χ2n) is 11.3. The quantitative estimate of drug-likeness (QED) is 0.290. The molecular formula is C34H37Cl3Ti. The smallest absolute Gasteiger partial charge is 1.00 e. The predicted molar refractivity (Wildman–Crippen MR) is 145 cm³/mol. The van der Waals surface area contributed by atoms with Crippen molar-refractivity contribution < 1.29 is 57.7 Å². The minimum Gasteiger partial charge on any atom is -1.00 e. The zero-order valence-electron chi connectivity index (χ0n) is 23.3. The van der Waals surface area contributed by atoms with Gasteiger partial charge in [0.05, 0.1) is 0 Å². The fourth-order valence-corrected chi connectivity index (χ4v) is 8.54. The van der Waals surface area contributed by atoms with Crippen LogP contribution in [0.15, 0.2) is 78.4 Å². The molecule has 4 heteroatoms. The van der Waals surface area contributed by atoms with Gasteiger partial charge in [0.2, 0.25) is 0 Å². The van der Waals surface area contributed by atoms with Gasteiger partial charge in [-0.1, -0.05) is 0 Å². The fourth-order valence-electron chi connectivity index (χ4n) is 7.19. The van der Waals surface area contributed by atoms with Crippen LogP contribution in [0.2, 0.25) is 3.72 Å². The van der Waals surface area contributed by atoms with Crippen LogP contribution in [0.25, 0.3) is 0 Å². The fraction of sp³-hybridized carbons (Fsp3) is 0.353. The van der Waals surface area contributed by atoms with Crippen molar-refractivity contribution in [1.82, 2.24) is 0 Å². The van der Waals surface area contributed by atoms with Gasteiger partial charge < -0.3 is 37.2 Å². The number of hydrogen-bond donors (Lipinski definition) is 0. The van der Waals surface area contributed by atoms with Gasteiger partial charge in [-0.05, 0) is 0 Å². The molecule has 2 unspecified atom stereocenters. The number of halogens is 3. The Hall–Kier alpha value is -1.28. The van der Waals surface area contributed by atoms with Crippen molar-refractivity contribution in [3.05, 3.63) is 128 Å². The predicted octanol–water partition coefficient (Wildman–Crippen LogP) is -0.115. The van der Waals surface area contributed by atoms with Gasteiger partial charge in [-0.15, -0.1) is 0 Å². The third-order valence-corrected chi connectivity index (χ3v) is 9.66. The molecular weight excluding hydrogens is 563 g/mol. The Morgan fingerprint density at radius 2 is 1.00 bits per heavy atom. The van der Waals surface area contributed by atoms with Gasteiger partial charge in [0.25, 0.3) is 0 Å². The maximum Gasteiger partial charge on any atom is -1.00 e. The van der Waals surface area contributed by atoms with Crippen LogP contribution < -0.4 is 37.2 Å². The van der Waals surface area contributed by atoms with Crippen LogP contribution in [-0.2, 0) is 25.9 Å². The molecule has 0 bridgehead atoms. The molecule has 5 rings (SSSR count). The van der Waals surface area contributed by atoms with E-state index in [-0.39, 0.29) is 46.4 Å². The molecule has 3 aromatic rings. The first kappa shape index (κ1) is 32.9. The summed E-state index contributed by atoms with van der Waals surface area (Å²) in [6, 6.07) is 21.8. The summed E-state index contributed by atoms with van der Waals surface area (Å²) in [6.45, 7) is 13.5. The molecule has 198 valence electrons. The Bertz CT molecular complexity index is 1180. The first-order chi connectivity index (χ1) is 16.6. The van der Waals surface area contributed by atoms with Crippen molar-refractivity contribution in [1.29, 1.82) is 0 Å². The summed E-state index contributed by atoms with van der Waals surface area (Å²) in [5.74, 6) is 0.645. The second-order valence-corrected chi connectivity index (χ2v) is 12.6. The van der Waals surface area contributed by atoms with E-state index in [0.29, 0.717) is 5.92 Å². The number of hydrogen-bond acceptors (Lipinski definition) is 0. The van der Waals surface area contributed by atoms with Crippen LogP contribution in [0.1, 0.15) is 69.3 Å². The van der Waals surface area contributed by atoms with Crippen molar-refractivity contribution in [2.45, 2.75) is 69.9 Å². The van der Waals surface area contributed by atoms with E-state index >= 15 is 0 Å². The Kier molecular flexibility index (Phi) is 10.8. The molecule has 2 aliphatic rings. The Morgan fingerprint density at radius 1 is 0.632 bits per heavy atom. The molecule has 0 radical (unpaired) electrons. The third kappa shape index (κ3) is 5.50. The summed E-state index contributed by atoms with van der Waals surface area (Å²) < 4.78 is -0.0247. The van der Waals surface area contributed by atoms with Crippen LogP contribution >= 0.6 is 0 Å². The van der Waals surface area contributed by atoms with Gasteiger partial charge in [-0.25, -0.2) is 0 Å². The van der Waals surface area contributed by atoms with Gasteiger partial charge in [-0.2, -0.15) is 0 Å². The molecule has 0 nitrogen and oxygen atoms in total. The first-order valence-electron chi connectivity index (χ1n) is 13.0. The largest absolute Gasteiger partial charge is 1.00 e. The summed E-state index contributed by atoms with van der Waals surface area (Å²) >= 11 is 2.57. The SMILES string of the molecule is Cc1cc(C)cc(C(c2cc(C)cc(C)c2)(c2cc(C)cc(C)c2)[C]2([Ti+3])CCC3CC=CC=C32)c1.[Cl-].[Cl-].[Cl-].